The number of non-ortho nitro benzene ring substituents is 1. The van der Waals surface area contributed by atoms with Crippen LogP contribution in [0, 0.1) is 15.9 Å². The van der Waals surface area contributed by atoms with Gasteiger partial charge in [-0.15, -0.1) is 0 Å². The molecule has 0 saturated heterocycles. The molecule has 18 heavy (non-hydrogen) atoms. The van der Waals surface area contributed by atoms with Crippen LogP contribution in [0.1, 0.15) is 0 Å². The summed E-state index contributed by atoms with van der Waals surface area (Å²) < 4.78 is 18.1. The first-order valence-electron chi connectivity index (χ1n) is 4.89. The summed E-state index contributed by atoms with van der Waals surface area (Å²) in [7, 11) is 1.21. The summed E-state index contributed by atoms with van der Waals surface area (Å²) in [6, 6.07) is 3.04. The zero-order valence-corrected chi connectivity index (χ0v) is 9.42. The largest absolute Gasteiger partial charge is 0.479 e. The summed E-state index contributed by atoms with van der Waals surface area (Å²) in [5.74, 6) is -2.02. The number of nitro groups is 1. The van der Waals surface area contributed by atoms with Crippen LogP contribution in [-0.2, 0) is 9.53 Å². The quantitative estimate of drug-likeness (QED) is 0.588. The highest BCUT2D eigenvalue weighted by Crippen LogP contribution is 2.20. The second-order valence-corrected chi connectivity index (χ2v) is 3.36. The molecule has 1 aromatic rings. The standard InChI is InChI=1S/C10H11FN2O5/c1-18-9(10(14)15)5-12-8-3-2-6(13(16)17)4-7(8)11/h2-4,9,12H,5H2,1H3,(H,14,15). The number of rotatable bonds is 6. The lowest BCUT2D eigenvalue weighted by Gasteiger charge is -2.12. The minimum atomic E-state index is -1.19. The van der Waals surface area contributed by atoms with Gasteiger partial charge in [0.15, 0.2) is 11.9 Å². The van der Waals surface area contributed by atoms with Crippen molar-refractivity contribution in [2.75, 3.05) is 19.0 Å². The van der Waals surface area contributed by atoms with E-state index in [4.69, 9.17) is 5.11 Å². The fraction of sp³-hybridized carbons (Fsp3) is 0.300. The van der Waals surface area contributed by atoms with Gasteiger partial charge in [0, 0.05) is 13.2 Å². The highest BCUT2D eigenvalue weighted by molar-refractivity contribution is 5.73. The molecule has 1 aromatic carbocycles. The van der Waals surface area contributed by atoms with Crippen molar-refractivity contribution in [1.29, 1.82) is 0 Å². The molecule has 1 unspecified atom stereocenters. The number of nitrogens with zero attached hydrogens (tertiary/aromatic N) is 1. The van der Waals surface area contributed by atoms with Gasteiger partial charge in [-0.3, -0.25) is 10.1 Å². The molecule has 0 aliphatic heterocycles. The molecule has 0 bridgehead atoms. The number of methoxy groups -OCH3 is 1. The molecule has 98 valence electrons. The molecule has 2 N–H and O–H groups in total. The number of ether oxygens (including phenoxy) is 1. The second-order valence-electron chi connectivity index (χ2n) is 3.36. The van der Waals surface area contributed by atoms with Gasteiger partial charge in [0.2, 0.25) is 0 Å². The molecule has 0 saturated carbocycles. The Hall–Kier alpha value is -2.22. The molecule has 0 aliphatic carbocycles. The maximum Gasteiger partial charge on any atom is 0.334 e. The van der Waals surface area contributed by atoms with Crippen LogP contribution in [-0.4, -0.2) is 35.8 Å². The minimum Gasteiger partial charge on any atom is -0.479 e. The lowest BCUT2D eigenvalue weighted by Crippen LogP contribution is -2.30. The zero-order chi connectivity index (χ0) is 13.7. The summed E-state index contributed by atoms with van der Waals surface area (Å²) in [6.45, 7) is -0.152. The van der Waals surface area contributed by atoms with Gasteiger partial charge in [0.1, 0.15) is 0 Å². The van der Waals surface area contributed by atoms with E-state index in [0.29, 0.717) is 0 Å². The van der Waals surface area contributed by atoms with Crippen molar-refractivity contribution in [2.24, 2.45) is 0 Å². The first-order valence-corrected chi connectivity index (χ1v) is 4.89. The normalized spacial score (nSPS) is 11.9. The van der Waals surface area contributed by atoms with Crippen LogP contribution in [0.4, 0.5) is 15.8 Å². The molecule has 1 rings (SSSR count). The predicted molar refractivity (Wildman–Crippen MR) is 60.0 cm³/mol. The number of nitrogens with one attached hydrogen (secondary N) is 1. The van der Waals surface area contributed by atoms with Gasteiger partial charge >= 0.3 is 5.97 Å². The highest BCUT2D eigenvalue weighted by Gasteiger charge is 2.17. The van der Waals surface area contributed by atoms with Gasteiger partial charge in [0.25, 0.3) is 5.69 Å². The van der Waals surface area contributed by atoms with E-state index in [9.17, 15) is 19.3 Å². The number of hydrogen-bond acceptors (Lipinski definition) is 5. The molecular formula is C10H11FN2O5. The third-order valence-electron chi connectivity index (χ3n) is 2.20. The third-order valence-corrected chi connectivity index (χ3v) is 2.20. The van der Waals surface area contributed by atoms with E-state index in [-0.39, 0.29) is 17.9 Å². The smallest absolute Gasteiger partial charge is 0.334 e. The lowest BCUT2D eigenvalue weighted by atomic mass is 10.2. The van der Waals surface area contributed by atoms with Crippen molar-refractivity contribution >= 4 is 17.3 Å². The Morgan fingerprint density at radius 3 is 2.78 bits per heavy atom. The van der Waals surface area contributed by atoms with Crippen LogP contribution in [0.2, 0.25) is 0 Å². The number of aliphatic carboxylic acids is 1. The molecule has 0 aliphatic rings. The summed E-state index contributed by atoms with van der Waals surface area (Å²) in [6.07, 6.45) is -1.13. The van der Waals surface area contributed by atoms with Crippen LogP contribution in [0.25, 0.3) is 0 Å². The summed E-state index contributed by atoms with van der Waals surface area (Å²) >= 11 is 0. The Kier molecular flexibility index (Phi) is 4.55. The number of halogens is 1. The van der Waals surface area contributed by atoms with Gasteiger partial charge < -0.3 is 15.2 Å². The SMILES string of the molecule is COC(CNc1ccc([N+](=O)[O-])cc1F)C(=O)O. The predicted octanol–water partition coefficient (Wildman–Crippen LogP) is 1.25. The number of hydrogen-bond donors (Lipinski definition) is 2. The van der Waals surface area contributed by atoms with Crippen LogP contribution in [0.15, 0.2) is 18.2 Å². The number of anilines is 1. The Morgan fingerprint density at radius 1 is 1.67 bits per heavy atom. The van der Waals surface area contributed by atoms with Crippen molar-refractivity contribution in [3.05, 3.63) is 34.1 Å². The van der Waals surface area contributed by atoms with E-state index >= 15 is 0 Å². The van der Waals surface area contributed by atoms with Gasteiger partial charge in [-0.05, 0) is 6.07 Å². The first kappa shape index (κ1) is 13.8. The van der Waals surface area contributed by atoms with Gasteiger partial charge in [0.05, 0.1) is 23.2 Å². The van der Waals surface area contributed by atoms with Crippen LogP contribution in [0.3, 0.4) is 0 Å². The van der Waals surface area contributed by atoms with Crippen molar-refractivity contribution < 1.29 is 24.0 Å². The van der Waals surface area contributed by atoms with E-state index < -0.39 is 22.8 Å². The Labute approximate surface area is 101 Å². The zero-order valence-electron chi connectivity index (χ0n) is 9.42. The van der Waals surface area contributed by atoms with Crippen LogP contribution >= 0.6 is 0 Å². The highest BCUT2D eigenvalue weighted by atomic mass is 19.1. The maximum atomic E-state index is 13.4. The van der Waals surface area contributed by atoms with E-state index in [0.717, 1.165) is 12.1 Å². The number of carboxylic acid groups (broad SMARTS) is 1. The fourth-order valence-electron chi connectivity index (χ4n) is 1.24. The molecule has 1 atom stereocenters. The molecule has 0 radical (unpaired) electrons. The van der Waals surface area contributed by atoms with E-state index in [1.54, 1.807) is 0 Å². The van der Waals surface area contributed by atoms with Gasteiger partial charge in [-0.25, -0.2) is 9.18 Å². The van der Waals surface area contributed by atoms with E-state index in [2.05, 4.69) is 10.1 Å². The third kappa shape index (κ3) is 3.39. The maximum absolute atomic E-state index is 13.4. The summed E-state index contributed by atoms with van der Waals surface area (Å²) in [5, 5.41) is 21.6. The van der Waals surface area contributed by atoms with Gasteiger partial charge in [-0.2, -0.15) is 0 Å². The Bertz CT molecular complexity index is 466. The molecular weight excluding hydrogens is 247 g/mol. The molecule has 0 heterocycles. The van der Waals surface area contributed by atoms with Gasteiger partial charge in [-0.1, -0.05) is 0 Å². The lowest BCUT2D eigenvalue weighted by molar-refractivity contribution is -0.385. The first-order chi connectivity index (χ1) is 8.45. The molecule has 0 spiro atoms. The molecule has 0 aromatic heterocycles. The van der Waals surface area contributed by atoms with Crippen molar-refractivity contribution in [3.63, 3.8) is 0 Å². The molecule has 7 nitrogen and oxygen atoms in total. The second kappa shape index (κ2) is 5.92. The van der Waals surface area contributed by atoms with Crippen molar-refractivity contribution in [2.45, 2.75) is 6.10 Å². The number of carboxylic acids is 1. The Morgan fingerprint density at radius 2 is 2.33 bits per heavy atom. The average molecular weight is 258 g/mol. The number of nitro benzene ring substituents is 1. The summed E-state index contributed by atoms with van der Waals surface area (Å²) in [5.41, 5.74) is -0.400. The molecule has 8 heteroatoms. The fourth-order valence-corrected chi connectivity index (χ4v) is 1.24. The van der Waals surface area contributed by atoms with Crippen molar-refractivity contribution in [1.82, 2.24) is 0 Å². The number of carbonyl (C=O) groups is 1. The molecule has 0 amide bonds. The molecule has 0 fully saturated rings. The van der Waals surface area contributed by atoms with E-state index in [1.165, 1.54) is 13.2 Å². The minimum absolute atomic E-state index is 0.0242. The number of benzene rings is 1. The average Bonchev–Trinajstić information content (AvgIpc) is 2.30. The van der Waals surface area contributed by atoms with Crippen LogP contribution in [0.5, 0.6) is 0 Å². The van der Waals surface area contributed by atoms with Crippen molar-refractivity contribution in [3.8, 4) is 0 Å². The monoisotopic (exact) mass is 258 g/mol. The summed E-state index contributed by atoms with van der Waals surface area (Å²) in [4.78, 5) is 20.3. The van der Waals surface area contributed by atoms with Crippen LogP contribution < -0.4 is 5.32 Å². The van der Waals surface area contributed by atoms with E-state index in [1.807, 2.05) is 0 Å². The topological polar surface area (TPSA) is 102 Å². The Balaban J connectivity index is 2.74.